The number of unbranched alkanes of at least 4 members (excludes halogenated alkanes) is 3. The van der Waals surface area contributed by atoms with Gasteiger partial charge in [-0.15, -0.1) is 0 Å². The average molecular weight is 304 g/mol. The molecule has 0 aromatic heterocycles. The van der Waals surface area contributed by atoms with E-state index in [1.807, 2.05) is 39.0 Å². The molecular formula is C18H28N2O2. The maximum atomic E-state index is 12.7. The fraction of sp³-hybridized carbons (Fsp3) is 0.611. The molecule has 4 heteroatoms. The van der Waals surface area contributed by atoms with Gasteiger partial charge in [0.15, 0.2) is 0 Å². The van der Waals surface area contributed by atoms with E-state index in [1.165, 1.54) is 17.7 Å². The fourth-order valence-electron chi connectivity index (χ4n) is 2.98. The summed E-state index contributed by atoms with van der Waals surface area (Å²) >= 11 is 0. The Morgan fingerprint density at radius 2 is 2.00 bits per heavy atom. The molecule has 2 rings (SSSR count). The lowest BCUT2D eigenvalue weighted by atomic mass is 10.1. The molecule has 4 nitrogen and oxygen atoms in total. The van der Waals surface area contributed by atoms with Gasteiger partial charge in [0.2, 0.25) is 5.85 Å². The molecule has 0 bridgehead atoms. The van der Waals surface area contributed by atoms with Crippen LogP contribution in [0.5, 0.6) is 0 Å². The number of carbonyl (C=O) groups is 1. The lowest BCUT2D eigenvalue weighted by Crippen LogP contribution is -2.41. The summed E-state index contributed by atoms with van der Waals surface area (Å²) in [7, 11) is 0. The normalized spacial score (nSPS) is 22.7. The summed E-state index contributed by atoms with van der Waals surface area (Å²) in [6.07, 6.45) is 4.55. The molecule has 1 aromatic rings. The van der Waals surface area contributed by atoms with Gasteiger partial charge < -0.3 is 5.11 Å². The first kappa shape index (κ1) is 17.0. The Morgan fingerprint density at radius 1 is 1.27 bits per heavy atom. The van der Waals surface area contributed by atoms with Crippen molar-refractivity contribution in [2.75, 3.05) is 6.54 Å². The van der Waals surface area contributed by atoms with Gasteiger partial charge in [0.1, 0.15) is 5.54 Å². The molecule has 1 heterocycles. The van der Waals surface area contributed by atoms with Gasteiger partial charge in [-0.1, -0.05) is 43.9 Å². The number of aryl methyl sites for hydroxylation is 1. The van der Waals surface area contributed by atoms with E-state index in [1.54, 1.807) is 6.07 Å². The minimum atomic E-state index is -1.24. The van der Waals surface area contributed by atoms with E-state index in [4.69, 9.17) is 0 Å². The van der Waals surface area contributed by atoms with Crippen molar-refractivity contribution in [1.82, 2.24) is 10.2 Å². The molecule has 1 aromatic carbocycles. The number of amides is 1. The van der Waals surface area contributed by atoms with E-state index in [0.29, 0.717) is 5.56 Å². The Hall–Kier alpha value is -1.39. The first-order valence-corrected chi connectivity index (χ1v) is 8.23. The molecule has 1 fully saturated rings. The molecule has 0 aliphatic carbocycles. The first-order valence-electron chi connectivity index (χ1n) is 8.23. The van der Waals surface area contributed by atoms with Crippen LogP contribution in [0.15, 0.2) is 24.3 Å². The largest absolute Gasteiger partial charge is 0.356 e. The number of nitrogens with one attached hydrogen (secondary N) is 1. The van der Waals surface area contributed by atoms with Crippen LogP contribution >= 0.6 is 0 Å². The number of aliphatic hydroxyl groups is 1. The van der Waals surface area contributed by atoms with Crippen LogP contribution in [0.4, 0.5) is 0 Å². The van der Waals surface area contributed by atoms with Crippen molar-refractivity contribution >= 4 is 5.91 Å². The van der Waals surface area contributed by atoms with Gasteiger partial charge in [-0.05, 0) is 45.9 Å². The Balaban J connectivity index is 2.00. The zero-order chi connectivity index (χ0) is 16.4. The summed E-state index contributed by atoms with van der Waals surface area (Å²) in [5, 5.41) is 13.9. The standard InChI is InChI=1S/C18H28N2O2/c1-5-6-7-8-12-19-18(22)17(3,4)20(18)16(21)15-11-9-10-14(2)13-15/h9-11,13,19,22H,5-8,12H2,1-4H3. The van der Waals surface area contributed by atoms with Crippen molar-refractivity contribution in [2.24, 2.45) is 0 Å². The van der Waals surface area contributed by atoms with Crippen molar-refractivity contribution in [1.29, 1.82) is 0 Å². The van der Waals surface area contributed by atoms with Gasteiger partial charge in [-0.25, -0.2) is 0 Å². The number of carbonyl (C=O) groups excluding carboxylic acids is 1. The van der Waals surface area contributed by atoms with Gasteiger partial charge in [0, 0.05) is 5.56 Å². The second kappa shape index (κ2) is 6.39. The summed E-state index contributed by atoms with van der Waals surface area (Å²) in [5.74, 6) is -1.36. The predicted molar refractivity (Wildman–Crippen MR) is 88.5 cm³/mol. The van der Waals surface area contributed by atoms with Crippen molar-refractivity contribution in [3.05, 3.63) is 35.4 Å². The predicted octanol–water partition coefficient (Wildman–Crippen LogP) is 3.05. The van der Waals surface area contributed by atoms with E-state index in [9.17, 15) is 9.90 Å². The molecule has 1 aliphatic heterocycles. The van der Waals surface area contributed by atoms with Crippen LogP contribution in [0, 0.1) is 6.92 Å². The summed E-state index contributed by atoms with van der Waals surface area (Å²) in [4.78, 5) is 14.2. The molecule has 1 aliphatic rings. The summed E-state index contributed by atoms with van der Waals surface area (Å²) in [6, 6.07) is 7.49. The van der Waals surface area contributed by atoms with Gasteiger partial charge in [0.25, 0.3) is 5.91 Å². The molecule has 1 atom stereocenters. The average Bonchev–Trinajstić information content (AvgIpc) is 2.91. The van der Waals surface area contributed by atoms with E-state index in [-0.39, 0.29) is 5.91 Å². The van der Waals surface area contributed by atoms with Gasteiger partial charge in [0.05, 0.1) is 0 Å². The maximum absolute atomic E-state index is 12.7. The van der Waals surface area contributed by atoms with Gasteiger partial charge in [-0.3, -0.25) is 15.0 Å². The van der Waals surface area contributed by atoms with Crippen molar-refractivity contribution in [3.8, 4) is 0 Å². The zero-order valence-electron chi connectivity index (χ0n) is 14.1. The van der Waals surface area contributed by atoms with E-state index < -0.39 is 11.4 Å². The first-order chi connectivity index (χ1) is 10.3. The van der Waals surface area contributed by atoms with Gasteiger partial charge in [-0.2, -0.15) is 0 Å². The molecule has 0 radical (unpaired) electrons. The molecule has 1 amide bonds. The third-order valence-corrected chi connectivity index (χ3v) is 4.56. The topological polar surface area (TPSA) is 52.3 Å². The Morgan fingerprint density at radius 3 is 2.64 bits per heavy atom. The third-order valence-electron chi connectivity index (χ3n) is 4.56. The number of benzene rings is 1. The second-order valence-electron chi connectivity index (χ2n) is 6.73. The highest BCUT2D eigenvalue weighted by atomic mass is 16.4. The zero-order valence-corrected chi connectivity index (χ0v) is 14.1. The van der Waals surface area contributed by atoms with Crippen LogP contribution in [-0.2, 0) is 0 Å². The monoisotopic (exact) mass is 304 g/mol. The number of rotatable bonds is 7. The van der Waals surface area contributed by atoms with Crippen LogP contribution in [0.1, 0.15) is 62.4 Å². The number of hydrogen-bond donors (Lipinski definition) is 2. The summed E-state index contributed by atoms with van der Waals surface area (Å²) < 4.78 is 0. The Kier molecular flexibility index (Phi) is 4.93. The van der Waals surface area contributed by atoms with Crippen molar-refractivity contribution in [2.45, 2.75) is 64.8 Å². The molecular weight excluding hydrogens is 276 g/mol. The number of nitrogens with zero attached hydrogens (tertiary/aromatic N) is 1. The van der Waals surface area contributed by atoms with Crippen LogP contribution in [0.2, 0.25) is 0 Å². The highest BCUT2D eigenvalue weighted by molar-refractivity contribution is 5.97. The van der Waals surface area contributed by atoms with Gasteiger partial charge >= 0.3 is 0 Å². The molecule has 0 spiro atoms. The molecule has 0 saturated carbocycles. The van der Waals surface area contributed by atoms with Crippen LogP contribution in [0.25, 0.3) is 0 Å². The lowest BCUT2D eigenvalue weighted by molar-refractivity contribution is 0.0394. The van der Waals surface area contributed by atoms with E-state index >= 15 is 0 Å². The van der Waals surface area contributed by atoms with E-state index in [0.717, 1.165) is 24.9 Å². The molecule has 2 N–H and O–H groups in total. The van der Waals surface area contributed by atoms with Crippen LogP contribution in [0.3, 0.4) is 0 Å². The number of hydrogen-bond acceptors (Lipinski definition) is 3. The lowest BCUT2D eigenvalue weighted by Gasteiger charge is -2.13. The SMILES string of the molecule is CCCCCCNC1(O)N(C(=O)c2cccc(C)c2)C1(C)C. The molecule has 122 valence electrons. The van der Waals surface area contributed by atoms with Crippen LogP contribution in [-0.4, -0.2) is 33.8 Å². The van der Waals surface area contributed by atoms with E-state index in [2.05, 4.69) is 12.2 Å². The Bertz CT molecular complexity index is 542. The summed E-state index contributed by atoms with van der Waals surface area (Å²) in [6.45, 7) is 8.63. The highest BCUT2D eigenvalue weighted by Gasteiger charge is 2.71. The quantitative estimate of drug-likeness (QED) is 0.462. The van der Waals surface area contributed by atoms with Crippen molar-refractivity contribution < 1.29 is 9.90 Å². The third kappa shape index (κ3) is 3.03. The molecule has 22 heavy (non-hydrogen) atoms. The van der Waals surface area contributed by atoms with Crippen molar-refractivity contribution in [3.63, 3.8) is 0 Å². The highest BCUT2D eigenvalue weighted by Crippen LogP contribution is 2.48. The molecule has 1 saturated heterocycles. The Labute approximate surface area is 133 Å². The second-order valence-corrected chi connectivity index (χ2v) is 6.73. The summed E-state index contributed by atoms with van der Waals surface area (Å²) in [5.41, 5.74) is 1.08. The fourth-order valence-corrected chi connectivity index (χ4v) is 2.98. The smallest absolute Gasteiger partial charge is 0.257 e. The van der Waals surface area contributed by atoms with Crippen LogP contribution < -0.4 is 5.32 Å². The molecule has 1 unspecified atom stereocenters. The minimum absolute atomic E-state index is 0.128. The maximum Gasteiger partial charge on any atom is 0.257 e. The minimum Gasteiger partial charge on any atom is -0.356 e.